The Hall–Kier alpha value is -1.26. The number of benzene rings is 1. The summed E-state index contributed by atoms with van der Waals surface area (Å²) in [6, 6.07) is 6.28. The Balaban J connectivity index is 1.85. The summed E-state index contributed by atoms with van der Waals surface area (Å²) in [7, 11) is 1.96. The van der Waals surface area contributed by atoms with Crippen molar-refractivity contribution in [2.75, 3.05) is 33.5 Å². The van der Waals surface area contributed by atoms with E-state index in [0.29, 0.717) is 19.8 Å². The van der Waals surface area contributed by atoms with Crippen LogP contribution < -0.4 is 14.8 Å². The quantitative estimate of drug-likeness (QED) is 0.747. The summed E-state index contributed by atoms with van der Waals surface area (Å²) in [4.78, 5) is 0. The van der Waals surface area contributed by atoms with Crippen LogP contribution in [0, 0.1) is 5.92 Å². The Bertz CT molecular complexity index is 434. The van der Waals surface area contributed by atoms with Crippen molar-refractivity contribution in [1.29, 1.82) is 0 Å². The van der Waals surface area contributed by atoms with Crippen LogP contribution in [-0.2, 0) is 4.74 Å². The second-order valence-electron chi connectivity index (χ2n) is 5.86. The Morgan fingerprint density at radius 3 is 2.67 bits per heavy atom. The van der Waals surface area contributed by atoms with Gasteiger partial charge in [0.2, 0.25) is 0 Å². The van der Waals surface area contributed by atoms with E-state index in [0.717, 1.165) is 30.4 Å². The zero-order valence-corrected chi connectivity index (χ0v) is 13.4. The molecule has 2 rings (SSSR count). The van der Waals surface area contributed by atoms with Crippen LogP contribution in [0.1, 0.15) is 38.3 Å². The molecule has 1 aromatic carbocycles. The van der Waals surface area contributed by atoms with E-state index in [1.807, 2.05) is 19.2 Å². The van der Waals surface area contributed by atoms with Gasteiger partial charge in [-0.15, -0.1) is 0 Å². The lowest BCUT2D eigenvalue weighted by atomic mass is 10.1. The van der Waals surface area contributed by atoms with Gasteiger partial charge in [-0.25, -0.2) is 0 Å². The van der Waals surface area contributed by atoms with Crippen molar-refractivity contribution < 1.29 is 14.2 Å². The highest BCUT2D eigenvalue weighted by Crippen LogP contribution is 2.32. The Kier molecular flexibility index (Phi) is 6.33. The second kappa shape index (κ2) is 8.25. The molecule has 0 aliphatic carbocycles. The number of fused-ring (bicyclic) bond motifs is 1. The highest BCUT2D eigenvalue weighted by Gasteiger charge is 2.16. The van der Waals surface area contributed by atoms with E-state index in [-0.39, 0.29) is 6.04 Å². The van der Waals surface area contributed by atoms with Crippen molar-refractivity contribution in [2.45, 2.75) is 32.7 Å². The molecule has 1 aliphatic heterocycles. The van der Waals surface area contributed by atoms with Gasteiger partial charge in [-0.3, -0.25) is 0 Å². The number of hydrogen-bond donors (Lipinski definition) is 1. The van der Waals surface area contributed by atoms with Gasteiger partial charge in [0.1, 0.15) is 13.2 Å². The normalized spacial score (nSPS) is 15.2. The third kappa shape index (κ3) is 4.90. The number of hydrogen-bond acceptors (Lipinski definition) is 4. The fourth-order valence-electron chi connectivity index (χ4n) is 2.42. The molecule has 0 saturated heterocycles. The molecule has 1 unspecified atom stereocenters. The Morgan fingerprint density at radius 1 is 1.19 bits per heavy atom. The minimum absolute atomic E-state index is 0.180. The van der Waals surface area contributed by atoms with Gasteiger partial charge in [0, 0.05) is 6.61 Å². The first-order valence-electron chi connectivity index (χ1n) is 7.85. The molecule has 0 spiro atoms. The average Bonchev–Trinajstić information content (AvgIpc) is 2.50. The molecule has 0 radical (unpaired) electrons. The predicted octanol–water partition coefficient (Wildman–Crippen LogP) is 3.17. The van der Waals surface area contributed by atoms with Gasteiger partial charge in [0.15, 0.2) is 11.5 Å². The molecular formula is C17H27NO3. The van der Waals surface area contributed by atoms with Crippen LogP contribution in [0.25, 0.3) is 0 Å². The summed E-state index contributed by atoms with van der Waals surface area (Å²) >= 11 is 0. The summed E-state index contributed by atoms with van der Waals surface area (Å²) < 4.78 is 17.0. The van der Waals surface area contributed by atoms with Gasteiger partial charge in [-0.1, -0.05) is 19.9 Å². The summed E-state index contributed by atoms with van der Waals surface area (Å²) in [5, 5.41) is 3.30. The SMILES string of the molecule is CNC(COCCCC(C)C)c1ccc2c(c1)OCCO2. The fourth-order valence-corrected chi connectivity index (χ4v) is 2.42. The maximum atomic E-state index is 5.80. The molecule has 1 aromatic rings. The lowest BCUT2D eigenvalue weighted by Crippen LogP contribution is -2.23. The third-order valence-electron chi connectivity index (χ3n) is 3.67. The van der Waals surface area contributed by atoms with E-state index in [9.17, 15) is 0 Å². The van der Waals surface area contributed by atoms with Crippen molar-refractivity contribution in [3.05, 3.63) is 23.8 Å². The highest BCUT2D eigenvalue weighted by atomic mass is 16.6. The van der Waals surface area contributed by atoms with Crippen molar-refractivity contribution in [3.8, 4) is 11.5 Å². The molecule has 4 nitrogen and oxygen atoms in total. The minimum atomic E-state index is 0.180. The first-order valence-corrected chi connectivity index (χ1v) is 7.85. The fraction of sp³-hybridized carbons (Fsp3) is 0.647. The number of likely N-dealkylation sites (N-methyl/N-ethyl adjacent to an activating group) is 1. The van der Waals surface area contributed by atoms with E-state index in [4.69, 9.17) is 14.2 Å². The summed E-state index contributed by atoms with van der Waals surface area (Å²) in [5.74, 6) is 2.41. The Morgan fingerprint density at radius 2 is 1.95 bits per heavy atom. The molecule has 0 bridgehead atoms. The van der Waals surface area contributed by atoms with Crippen LogP contribution in [0.5, 0.6) is 11.5 Å². The van der Waals surface area contributed by atoms with Crippen molar-refractivity contribution in [1.82, 2.24) is 5.32 Å². The van der Waals surface area contributed by atoms with Crippen LogP contribution in [-0.4, -0.2) is 33.5 Å². The number of nitrogens with one attached hydrogen (secondary N) is 1. The molecule has 0 aromatic heterocycles. The summed E-state index contributed by atoms with van der Waals surface area (Å²) in [6.45, 7) is 7.22. The van der Waals surface area contributed by atoms with Gasteiger partial charge in [0.25, 0.3) is 0 Å². The molecule has 1 aliphatic rings. The molecule has 1 heterocycles. The summed E-state index contributed by atoms with van der Waals surface area (Å²) in [5.41, 5.74) is 1.17. The monoisotopic (exact) mass is 293 g/mol. The van der Waals surface area contributed by atoms with E-state index >= 15 is 0 Å². The lowest BCUT2D eigenvalue weighted by Gasteiger charge is -2.22. The van der Waals surface area contributed by atoms with Crippen molar-refractivity contribution >= 4 is 0 Å². The summed E-state index contributed by atoms with van der Waals surface area (Å²) in [6.07, 6.45) is 2.34. The minimum Gasteiger partial charge on any atom is -0.486 e. The van der Waals surface area contributed by atoms with Gasteiger partial charge in [-0.2, -0.15) is 0 Å². The van der Waals surface area contributed by atoms with Crippen molar-refractivity contribution in [2.24, 2.45) is 5.92 Å². The molecule has 21 heavy (non-hydrogen) atoms. The third-order valence-corrected chi connectivity index (χ3v) is 3.67. The van der Waals surface area contributed by atoms with E-state index in [1.165, 1.54) is 12.0 Å². The topological polar surface area (TPSA) is 39.7 Å². The van der Waals surface area contributed by atoms with E-state index in [2.05, 4.69) is 25.2 Å². The Labute approximate surface area is 127 Å². The number of ether oxygens (including phenoxy) is 3. The first kappa shape index (κ1) is 16.1. The molecule has 0 fully saturated rings. The smallest absolute Gasteiger partial charge is 0.161 e. The molecule has 1 N–H and O–H groups in total. The molecular weight excluding hydrogens is 266 g/mol. The zero-order chi connectivity index (χ0) is 15.1. The van der Waals surface area contributed by atoms with Gasteiger partial charge >= 0.3 is 0 Å². The van der Waals surface area contributed by atoms with E-state index in [1.54, 1.807) is 0 Å². The van der Waals surface area contributed by atoms with Crippen LogP contribution in [0.15, 0.2) is 18.2 Å². The van der Waals surface area contributed by atoms with Gasteiger partial charge < -0.3 is 19.5 Å². The standard InChI is InChI=1S/C17H27NO3/c1-13(2)5-4-8-19-12-15(18-3)14-6-7-16-17(11-14)21-10-9-20-16/h6-7,11,13,15,18H,4-5,8-10,12H2,1-3H3. The molecule has 4 heteroatoms. The molecule has 118 valence electrons. The van der Waals surface area contributed by atoms with Gasteiger partial charge in [0.05, 0.1) is 12.6 Å². The first-order chi connectivity index (χ1) is 10.2. The molecule has 0 saturated carbocycles. The largest absolute Gasteiger partial charge is 0.486 e. The predicted molar refractivity (Wildman–Crippen MR) is 84.1 cm³/mol. The number of rotatable bonds is 8. The van der Waals surface area contributed by atoms with Gasteiger partial charge in [-0.05, 0) is 43.5 Å². The second-order valence-corrected chi connectivity index (χ2v) is 5.86. The molecule has 0 amide bonds. The van der Waals surface area contributed by atoms with Crippen LogP contribution in [0.3, 0.4) is 0 Å². The maximum absolute atomic E-state index is 5.80. The van der Waals surface area contributed by atoms with E-state index < -0.39 is 0 Å². The maximum Gasteiger partial charge on any atom is 0.161 e. The van der Waals surface area contributed by atoms with Crippen LogP contribution in [0.4, 0.5) is 0 Å². The van der Waals surface area contributed by atoms with Crippen LogP contribution in [0.2, 0.25) is 0 Å². The van der Waals surface area contributed by atoms with Crippen molar-refractivity contribution in [3.63, 3.8) is 0 Å². The highest BCUT2D eigenvalue weighted by molar-refractivity contribution is 5.44. The molecule has 1 atom stereocenters. The zero-order valence-electron chi connectivity index (χ0n) is 13.4. The lowest BCUT2D eigenvalue weighted by molar-refractivity contribution is 0.108. The average molecular weight is 293 g/mol. The van der Waals surface area contributed by atoms with Crippen LogP contribution >= 0.6 is 0 Å².